The Balaban J connectivity index is 1.66. The molecule has 7 heteroatoms. The van der Waals surface area contributed by atoms with Crippen molar-refractivity contribution in [3.05, 3.63) is 84.4 Å². The lowest BCUT2D eigenvalue weighted by Crippen LogP contribution is -2.19. The smallest absolute Gasteiger partial charge is 0.261 e. The first-order valence-corrected chi connectivity index (χ1v) is 10.1. The third-order valence-corrected chi connectivity index (χ3v) is 5.33. The Bertz CT molecular complexity index is 1030. The number of anilines is 3. The van der Waals surface area contributed by atoms with E-state index in [-0.39, 0.29) is 4.90 Å². The van der Waals surface area contributed by atoms with E-state index in [4.69, 9.17) is 12.2 Å². The number of nitrogens with one attached hydrogen (secondary N) is 3. The number of hydrogen-bond acceptors (Lipinski definition) is 3. The summed E-state index contributed by atoms with van der Waals surface area (Å²) in [5.74, 6) is 0. The van der Waals surface area contributed by atoms with E-state index in [0.717, 1.165) is 11.3 Å². The molecule has 138 valence electrons. The van der Waals surface area contributed by atoms with Gasteiger partial charge in [-0.05, 0) is 73.2 Å². The summed E-state index contributed by atoms with van der Waals surface area (Å²) in [5.41, 5.74) is 3.08. The third-order valence-electron chi connectivity index (χ3n) is 3.72. The quantitative estimate of drug-likeness (QED) is 0.549. The molecule has 0 unspecified atom stereocenters. The Hall–Kier alpha value is -2.90. The molecule has 0 aliphatic heterocycles. The second kappa shape index (κ2) is 8.20. The van der Waals surface area contributed by atoms with Crippen molar-refractivity contribution in [1.82, 2.24) is 0 Å². The standard InChI is InChI=1S/C20H19N3O2S2/c1-15-6-5-9-18(14-15)23-27(24,25)19-12-10-17(11-13-19)22-20(26)21-16-7-3-2-4-8-16/h2-14,23H,1H3,(H2,21,22,26). The molecule has 0 fully saturated rings. The molecular weight excluding hydrogens is 378 g/mol. The van der Waals surface area contributed by atoms with E-state index in [0.29, 0.717) is 16.5 Å². The predicted octanol–water partition coefficient (Wildman–Crippen LogP) is 4.60. The van der Waals surface area contributed by atoms with Crippen LogP contribution in [0, 0.1) is 6.92 Å². The van der Waals surface area contributed by atoms with Crippen molar-refractivity contribution in [2.24, 2.45) is 0 Å². The molecule has 0 spiro atoms. The molecular formula is C20H19N3O2S2. The van der Waals surface area contributed by atoms with Crippen LogP contribution < -0.4 is 15.4 Å². The van der Waals surface area contributed by atoms with Gasteiger partial charge in [-0.15, -0.1) is 0 Å². The SMILES string of the molecule is Cc1cccc(NS(=O)(=O)c2ccc(NC(=S)Nc3ccccc3)cc2)c1. The van der Waals surface area contributed by atoms with Crippen LogP contribution in [0.3, 0.4) is 0 Å². The topological polar surface area (TPSA) is 70.2 Å². The van der Waals surface area contributed by atoms with Gasteiger partial charge < -0.3 is 10.6 Å². The number of rotatable bonds is 5. The minimum atomic E-state index is -3.65. The molecule has 3 aromatic rings. The van der Waals surface area contributed by atoms with Crippen LogP contribution in [0.1, 0.15) is 5.56 Å². The van der Waals surface area contributed by atoms with Crippen molar-refractivity contribution in [3.8, 4) is 0 Å². The molecule has 0 aliphatic carbocycles. The average molecular weight is 398 g/mol. The molecule has 0 amide bonds. The Morgan fingerprint density at radius 1 is 0.778 bits per heavy atom. The highest BCUT2D eigenvalue weighted by molar-refractivity contribution is 7.92. The van der Waals surface area contributed by atoms with Gasteiger partial charge in [-0.3, -0.25) is 4.72 Å². The molecule has 0 saturated heterocycles. The zero-order valence-electron chi connectivity index (χ0n) is 14.6. The van der Waals surface area contributed by atoms with Gasteiger partial charge in [0, 0.05) is 17.1 Å². The highest BCUT2D eigenvalue weighted by atomic mass is 32.2. The zero-order valence-corrected chi connectivity index (χ0v) is 16.3. The lowest BCUT2D eigenvalue weighted by atomic mass is 10.2. The molecule has 0 aliphatic rings. The van der Waals surface area contributed by atoms with Gasteiger partial charge in [0.15, 0.2) is 5.11 Å². The van der Waals surface area contributed by atoms with Crippen LogP contribution in [0.15, 0.2) is 83.8 Å². The number of aryl methyl sites for hydroxylation is 1. The molecule has 27 heavy (non-hydrogen) atoms. The Kier molecular flexibility index (Phi) is 5.73. The number of benzene rings is 3. The van der Waals surface area contributed by atoms with Gasteiger partial charge in [0.1, 0.15) is 0 Å². The molecule has 0 atom stereocenters. The minimum Gasteiger partial charge on any atom is -0.332 e. The van der Waals surface area contributed by atoms with Crippen LogP contribution in [0.25, 0.3) is 0 Å². The molecule has 3 aromatic carbocycles. The maximum atomic E-state index is 12.5. The Labute approximate surface area is 164 Å². The van der Waals surface area contributed by atoms with Gasteiger partial charge in [0.2, 0.25) is 0 Å². The average Bonchev–Trinajstić information content (AvgIpc) is 2.62. The van der Waals surface area contributed by atoms with Gasteiger partial charge in [0.25, 0.3) is 10.0 Å². The first-order chi connectivity index (χ1) is 12.9. The Morgan fingerprint density at radius 2 is 1.37 bits per heavy atom. The van der Waals surface area contributed by atoms with Crippen LogP contribution in [0.2, 0.25) is 0 Å². The van der Waals surface area contributed by atoms with E-state index >= 15 is 0 Å². The molecule has 0 saturated carbocycles. The fourth-order valence-corrected chi connectivity index (χ4v) is 3.74. The van der Waals surface area contributed by atoms with Crippen molar-refractivity contribution in [1.29, 1.82) is 0 Å². The van der Waals surface area contributed by atoms with E-state index < -0.39 is 10.0 Å². The van der Waals surface area contributed by atoms with Crippen molar-refractivity contribution in [2.45, 2.75) is 11.8 Å². The van der Waals surface area contributed by atoms with E-state index in [1.807, 2.05) is 43.3 Å². The lowest BCUT2D eigenvalue weighted by molar-refractivity contribution is 0.601. The summed E-state index contributed by atoms with van der Waals surface area (Å²) >= 11 is 5.27. The zero-order chi connectivity index (χ0) is 19.3. The van der Waals surface area contributed by atoms with Crippen LogP contribution in [0.5, 0.6) is 0 Å². The summed E-state index contributed by atoms with van der Waals surface area (Å²) in [6.45, 7) is 1.91. The summed E-state index contributed by atoms with van der Waals surface area (Å²) in [5, 5.41) is 6.52. The fourth-order valence-electron chi connectivity index (χ4n) is 2.45. The van der Waals surface area contributed by atoms with Gasteiger partial charge in [0.05, 0.1) is 4.90 Å². The number of thiocarbonyl (C=S) groups is 1. The fraction of sp³-hybridized carbons (Fsp3) is 0.0500. The largest absolute Gasteiger partial charge is 0.332 e. The number of para-hydroxylation sites is 1. The third kappa shape index (κ3) is 5.29. The molecule has 0 aromatic heterocycles. The van der Waals surface area contributed by atoms with Gasteiger partial charge in [-0.25, -0.2) is 8.42 Å². The van der Waals surface area contributed by atoms with Gasteiger partial charge in [-0.2, -0.15) is 0 Å². The van der Waals surface area contributed by atoms with E-state index in [1.54, 1.807) is 30.3 Å². The number of sulfonamides is 1. The molecule has 0 bridgehead atoms. The Morgan fingerprint density at radius 3 is 2.00 bits per heavy atom. The second-order valence-corrected chi connectivity index (χ2v) is 8.04. The summed E-state index contributed by atoms with van der Waals surface area (Å²) in [6, 6.07) is 23.2. The summed E-state index contributed by atoms with van der Waals surface area (Å²) in [4.78, 5) is 0.177. The van der Waals surface area contributed by atoms with E-state index in [2.05, 4.69) is 15.4 Å². The second-order valence-electron chi connectivity index (χ2n) is 5.94. The number of hydrogen-bond donors (Lipinski definition) is 3. The van der Waals surface area contributed by atoms with E-state index in [9.17, 15) is 8.42 Å². The molecule has 5 nitrogen and oxygen atoms in total. The molecule has 0 heterocycles. The van der Waals surface area contributed by atoms with Crippen LogP contribution >= 0.6 is 12.2 Å². The normalized spacial score (nSPS) is 10.9. The minimum absolute atomic E-state index is 0.177. The van der Waals surface area contributed by atoms with Crippen molar-refractivity contribution < 1.29 is 8.42 Å². The lowest BCUT2D eigenvalue weighted by Gasteiger charge is -2.12. The summed E-state index contributed by atoms with van der Waals surface area (Å²) < 4.78 is 27.6. The van der Waals surface area contributed by atoms with E-state index in [1.165, 1.54) is 12.1 Å². The summed E-state index contributed by atoms with van der Waals surface area (Å²) in [6.07, 6.45) is 0. The van der Waals surface area contributed by atoms with Gasteiger partial charge in [-0.1, -0.05) is 30.3 Å². The predicted molar refractivity (Wildman–Crippen MR) is 115 cm³/mol. The summed E-state index contributed by atoms with van der Waals surface area (Å²) in [7, 11) is -3.65. The molecule has 0 radical (unpaired) electrons. The highest BCUT2D eigenvalue weighted by Crippen LogP contribution is 2.19. The molecule has 3 rings (SSSR count). The maximum Gasteiger partial charge on any atom is 0.261 e. The highest BCUT2D eigenvalue weighted by Gasteiger charge is 2.14. The monoisotopic (exact) mass is 397 g/mol. The maximum absolute atomic E-state index is 12.5. The van der Waals surface area contributed by atoms with Gasteiger partial charge >= 0.3 is 0 Å². The van der Waals surface area contributed by atoms with Crippen molar-refractivity contribution in [2.75, 3.05) is 15.4 Å². The van der Waals surface area contributed by atoms with Crippen LogP contribution in [-0.4, -0.2) is 13.5 Å². The molecule has 3 N–H and O–H groups in total. The van der Waals surface area contributed by atoms with Crippen molar-refractivity contribution in [3.63, 3.8) is 0 Å². The first-order valence-electron chi connectivity index (χ1n) is 8.25. The van der Waals surface area contributed by atoms with Crippen molar-refractivity contribution >= 4 is 44.4 Å². The van der Waals surface area contributed by atoms with Crippen LogP contribution in [-0.2, 0) is 10.0 Å². The van der Waals surface area contributed by atoms with Crippen LogP contribution in [0.4, 0.5) is 17.1 Å². The first kappa shape index (κ1) is 18.9.